The molecule has 1 heterocycles. The zero-order valence-corrected chi connectivity index (χ0v) is 28.4. The van der Waals surface area contributed by atoms with E-state index in [1.165, 1.54) is 16.7 Å². The van der Waals surface area contributed by atoms with Crippen molar-refractivity contribution in [3.63, 3.8) is 0 Å². The minimum Gasteiger partial charge on any atom is -0.489 e. The summed E-state index contributed by atoms with van der Waals surface area (Å²) in [4.78, 5) is 54.4. The Bertz CT molecular complexity index is 1990. The van der Waals surface area contributed by atoms with Crippen molar-refractivity contribution in [1.29, 1.82) is 0 Å². The van der Waals surface area contributed by atoms with Gasteiger partial charge in [0.05, 0.1) is 10.9 Å². The van der Waals surface area contributed by atoms with E-state index in [1.54, 1.807) is 103 Å². The van der Waals surface area contributed by atoms with E-state index in [2.05, 4.69) is 26.6 Å². The van der Waals surface area contributed by atoms with Crippen LogP contribution in [0.15, 0.2) is 149 Å². The lowest BCUT2D eigenvalue weighted by Crippen LogP contribution is -2.31. The summed E-state index contributed by atoms with van der Waals surface area (Å²) in [7, 11) is 0. The van der Waals surface area contributed by atoms with Crippen LogP contribution in [0.5, 0.6) is 5.75 Å². The molecule has 1 atom stereocenters. The van der Waals surface area contributed by atoms with Crippen LogP contribution in [0.3, 0.4) is 0 Å². The third-order valence-electron chi connectivity index (χ3n) is 7.55. The molecule has 1 aliphatic rings. The van der Waals surface area contributed by atoms with E-state index in [0.29, 0.717) is 34.9 Å². The molecule has 0 aliphatic carbocycles. The van der Waals surface area contributed by atoms with Gasteiger partial charge in [-0.05, 0) is 90.0 Å². The highest BCUT2D eigenvalue weighted by Gasteiger charge is 2.40. The van der Waals surface area contributed by atoms with Crippen LogP contribution in [-0.4, -0.2) is 28.9 Å². The van der Waals surface area contributed by atoms with Gasteiger partial charge in [0.2, 0.25) is 11.8 Å². The zero-order valence-electron chi connectivity index (χ0n) is 26.0. The van der Waals surface area contributed by atoms with Gasteiger partial charge in [-0.15, -0.1) is 11.8 Å². The van der Waals surface area contributed by atoms with Gasteiger partial charge in [-0.3, -0.25) is 19.2 Å². The van der Waals surface area contributed by atoms with Gasteiger partial charge in [0, 0.05) is 27.0 Å². The Labute approximate surface area is 296 Å². The maximum absolute atomic E-state index is 13.5. The zero-order chi connectivity index (χ0) is 34.2. The van der Waals surface area contributed by atoms with Gasteiger partial charge in [0.25, 0.3) is 11.8 Å². The van der Waals surface area contributed by atoms with Gasteiger partial charge >= 0.3 is 0 Å². The highest BCUT2D eigenvalue weighted by atomic mass is 79.9. The number of nitrogens with zero attached hydrogens (tertiary/aromatic N) is 1. The maximum Gasteiger partial charge on any atom is 0.272 e. The lowest BCUT2D eigenvalue weighted by atomic mass is 10.1. The summed E-state index contributed by atoms with van der Waals surface area (Å²) in [6.45, 7) is 0.424. The second kappa shape index (κ2) is 15.6. The van der Waals surface area contributed by atoms with E-state index >= 15 is 0 Å². The summed E-state index contributed by atoms with van der Waals surface area (Å²) in [6.07, 6.45) is 1.69. The largest absolute Gasteiger partial charge is 0.489 e. The number of amides is 4. The molecule has 4 amide bonds. The van der Waals surface area contributed by atoms with Crippen molar-refractivity contribution in [2.75, 3.05) is 10.2 Å². The average Bonchev–Trinajstić information content (AvgIpc) is 3.41. The fourth-order valence-corrected chi connectivity index (χ4v) is 6.37. The molecule has 49 heavy (non-hydrogen) atoms. The number of thioether (sulfide) groups is 1. The number of carbonyl (C=O) groups is 4. The highest BCUT2D eigenvalue weighted by molar-refractivity contribution is 9.10. The Hall–Kier alpha value is -5.45. The fourth-order valence-electron chi connectivity index (χ4n) is 5.05. The van der Waals surface area contributed by atoms with E-state index in [1.807, 2.05) is 36.4 Å². The van der Waals surface area contributed by atoms with Crippen molar-refractivity contribution in [3.05, 3.63) is 160 Å². The molecule has 0 bridgehead atoms. The fraction of sp³-hybridized carbons (Fsp3) is 0.0769. The van der Waals surface area contributed by atoms with Crippen LogP contribution in [-0.2, 0) is 21.0 Å². The molecule has 0 aromatic heterocycles. The number of hydrogen-bond donors (Lipinski definition) is 2. The first-order chi connectivity index (χ1) is 23.8. The summed E-state index contributed by atoms with van der Waals surface area (Å²) in [6, 6.07) is 39.7. The summed E-state index contributed by atoms with van der Waals surface area (Å²) in [5.41, 5.74) is 3.22. The van der Waals surface area contributed by atoms with Crippen LogP contribution in [0.4, 0.5) is 11.4 Å². The predicted octanol–water partition coefficient (Wildman–Crippen LogP) is 7.86. The number of nitrogens with one attached hydrogen (secondary N) is 2. The molecule has 0 saturated carbocycles. The molecule has 6 rings (SSSR count). The molecule has 1 unspecified atom stereocenters. The van der Waals surface area contributed by atoms with Gasteiger partial charge in [-0.2, -0.15) is 0 Å². The van der Waals surface area contributed by atoms with Gasteiger partial charge in [-0.1, -0.05) is 76.6 Å². The topological polar surface area (TPSA) is 105 Å². The van der Waals surface area contributed by atoms with Crippen molar-refractivity contribution in [2.24, 2.45) is 0 Å². The molecule has 5 aromatic rings. The smallest absolute Gasteiger partial charge is 0.272 e. The minimum atomic E-state index is -0.561. The first kappa shape index (κ1) is 33.5. The average molecular weight is 733 g/mol. The van der Waals surface area contributed by atoms with Crippen LogP contribution < -0.4 is 20.3 Å². The molecule has 1 aliphatic heterocycles. The van der Waals surface area contributed by atoms with Crippen molar-refractivity contribution in [1.82, 2.24) is 5.32 Å². The van der Waals surface area contributed by atoms with Crippen molar-refractivity contribution in [3.8, 4) is 5.75 Å². The first-order valence-electron chi connectivity index (χ1n) is 15.4. The number of carbonyl (C=O) groups excluding carboxylic acids is 4. The van der Waals surface area contributed by atoms with Gasteiger partial charge < -0.3 is 15.4 Å². The summed E-state index contributed by atoms with van der Waals surface area (Å²) >= 11 is 4.67. The number of hydrogen-bond acceptors (Lipinski definition) is 6. The van der Waals surface area contributed by atoms with E-state index in [9.17, 15) is 19.2 Å². The molecule has 10 heteroatoms. The summed E-state index contributed by atoms with van der Waals surface area (Å²) < 4.78 is 6.74. The Morgan fingerprint density at radius 2 is 1.47 bits per heavy atom. The molecular formula is C39H30BrN3O5S. The number of imide groups is 1. The maximum atomic E-state index is 13.5. The lowest BCUT2D eigenvalue weighted by Gasteiger charge is -2.15. The standard InChI is InChI=1S/C39H30BrN3O5S/c40-29-13-17-31(18-14-29)43-36(44)24-35(39(43)47)49-33-21-15-30(16-22-33)41-38(46)34(42-37(45)28-9-5-2-6-10-28)23-26-11-19-32(20-12-26)48-25-27-7-3-1-4-8-27/h1-23,35H,24-25H2,(H,41,46)(H,42,45)/b34-23-. The number of benzene rings is 5. The van der Waals surface area contributed by atoms with E-state index in [4.69, 9.17) is 4.74 Å². The number of ether oxygens (including phenoxy) is 1. The summed E-state index contributed by atoms with van der Waals surface area (Å²) in [5.74, 6) is -0.794. The second-order valence-electron chi connectivity index (χ2n) is 11.1. The van der Waals surface area contributed by atoms with Crippen LogP contribution in [0.25, 0.3) is 6.08 Å². The van der Waals surface area contributed by atoms with Crippen LogP contribution >= 0.6 is 27.7 Å². The molecule has 2 N–H and O–H groups in total. The molecule has 0 spiro atoms. The number of rotatable bonds is 11. The normalized spacial score (nSPS) is 14.4. The second-order valence-corrected chi connectivity index (χ2v) is 13.2. The molecule has 1 saturated heterocycles. The molecular weight excluding hydrogens is 702 g/mol. The van der Waals surface area contributed by atoms with E-state index in [0.717, 1.165) is 14.9 Å². The molecule has 5 aromatic carbocycles. The SMILES string of the molecule is O=C(Nc1ccc(SC2CC(=O)N(c3ccc(Br)cc3)C2=O)cc1)/C(=C/c1ccc(OCc2ccccc2)cc1)NC(=O)c1ccccc1. The Morgan fingerprint density at radius 1 is 0.816 bits per heavy atom. The monoisotopic (exact) mass is 731 g/mol. The Kier molecular flexibility index (Phi) is 10.7. The first-order valence-corrected chi connectivity index (χ1v) is 17.0. The highest BCUT2D eigenvalue weighted by Crippen LogP contribution is 2.35. The quantitative estimate of drug-likeness (QED) is 0.106. The number of halogens is 1. The molecule has 0 radical (unpaired) electrons. The number of anilines is 2. The third-order valence-corrected chi connectivity index (χ3v) is 9.27. The van der Waals surface area contributed by atoms with Crippen LogP contribution in [0, 0.1) is 0 Å². The van der Waals surface area contributed by atoms with Crippen LogP contribution in [0.2, 0.25) is 0 Å². The Balaban J connectivity index is 1.13. The van der Waals surface area contributed by atoms with Gasteiger partial charge in [-0.25, -0.2) is 4.90 Å². The molecule has 8 nitrogen and oxygen atoms in total. The predicted molar refractivity (Wildman–Crippen MR) is 195 cm³/mol. The van der Waals surface area contributed by atoms with E-state index in [-0.39, 0.29) is 23.9 Å². The lowest BCUT2D eigenvalue weighted by molar-refractivity contribution is -0.121. The molecule has 244 valence electrons. The van der Waals surface area contributed by atoms with E-state index < -0.39 is 17.1 Å². The third kappa shape index (κ3) is 8.72. The van der Waals surface area contributed by atoms with Crippen LogP contribution in [0.1, 0.15) is 27.9 Å². The van der Waals surface area contributed by atoms with Crippen molar-refractivity contribution < 1.29 is 23.9 Å². The van der Waals surface area contributed by atoms with Crippen molar-refractivity contribution >= 4 is 68.8 Å². The Morgan fingerprint density at radius 3 is 2.14 bits per heavy atom. The van der Waals surface area contributed by atoms with Gasteiger partial charge in [0.1, 0.15) is 18.1 Å². The minimum absolute atomic E-state index is 0.0494. The summed E-state index contributed by atoms with van der Waals surface area (Å²) in [5, 5.41) is 5.04. The molecule has 1 fully saturated rings. The van der Waals surface area contributed by atoms with Crippen molar-refractivity contribution in [2.45, 2.75) is 23.2 Å². The van der Waals surface area contributed by atoms with Gasteiger partial charge in [0.15, 0.2) is 0 Å².